The van der Waals surface area contributed by atoms with Crippen molar-refractivity contribution in [3.8, 4) is 11.5 Å². The topological polar surface area (TPSA) is 55.7 Å². The summed E-state index contributed by atoms with van der Waals surface area (Å²) in [5.74, 6) is 0.347. The zero-order valence-corrected chi connectivity index (χ0v) is 12.5. The molecule has 1 saturated heterocycles. The van der Waals surface area contributed by atoms with E-state index >= 15 is 0 Å². The van der Waals surface area contributed by atoms with E-state index in [1.807, 2.05) is 6.92 Å². The quantitative estimate of drug-likeness (QED) is 0.775. The highest BCUT2D eigenvalue weighted by molar-refractivity contribution is 5.44. The second kappa shape index (κ2) is 6.95. The van der Waals surface area contributed by atoms with Crippen molar-refractivity contribution in [1.82, 2.24) is 10.2 Å². The molecule has 1 aliphatic heterocycles. The molecule has 0 saturated carbocycles. The standard InChI is InChI=1S/C16H26N2O2/c1-3-18(11-13-7-4-5-10-17-13)12(2)16-14(19)8-6-9-15(16)20/h6,8-9,12-13,17,19-20H,3-5,7,10-11H2,1-2H3. The molecule has 0 aromatic heterocycles. The van der Waals surface area contributed by atoms with Crippen LogP contribution < -0.4 is 5.32 Å². The van der Waals surface area contributed by atoms with Crippen molar-refractivity contribution in [2.45, 2.75) is 45.2 Å². The number of phenolic OH excluding ortho intramolecular Hbond substituents is 2. The maximum absolute atomic E-state index is 10.0. The first kappa shape index (κ1) is 15.1. The number of aromatic hydroxyl groups is 2. The lowest BCUT2D eigenvalue weighted by Crippen LogP contribution is -2.44. The van der Waals surface area contributed by atoms with Crippen molar-refractivity contribution < 1.29 is 10.2 Å². The molecular weight excluding hydrogens is 252 g/mol. The van der Waals surface area contributed by atoms with Crippen LogP contribution in [0, 0.1) is 0 Å². The van der Waals surface area contributed by atoms with Crippen LogP contribution in [0.2, 0.25) is 0 Å². The third kappa shape index (κ3) is 3.44. The Kier molecular flexibility index (Phi) is 5.26. The van der Waals surface area contributed by atoms with Gasteiger partial charge >= 0.3 is 0 Å². The van der Waals surface area contributed by atoms with Crippen LogP contribution in [0.1, 0.15) is 44.7 Å². The Morgan fingerprint density at radius 1 is 1.30 bits per heavy atom. The maximum Gasteiger partial charge on any atom is 0.124 e. The van der Waals surface area contributed by atoms with Gasteiger partial charge in [-0.15, -0.1) is 0 Å². The van der Waals surface area contributed by atoms with E-state index < -0.39 is 0 Å². The van der Waals surface area contributed by atoms with Crippen LogP contribution in [-0.2, 0) is 0 Å². The summed E-state index contributed by atoms with van der Waals surface area (Å²) in [6, 6.07) is 5.46. The Balaban J connectivity index is 2.09. The second-order valence-corrected chi connectivity index (χ2v) is 5.62. The van der Waals surface area contributed by atoms with E-state index in [4.69, 9.17) is 0 Å². The lowest BCUT2D eigenvalue weighted by atomic mass is 10.0. The van der Waals surface area contributed by atoms with E-state index in [-0.39, 0.29) is 17.5 Å². The molecule has 4 nitrogen and oxygen atoms in total. The van der Waals surface area contributed by atoms with Gasteiger partial charge in [0.2, 0.25) is 0 Å². The Hall–Kier alpha value is -1.26. The van der Waals surface area contributed by atoms with Crippen molar-refractivity contribution in [1.29, 1.82) is 0 Å². The van der Waals surface area contributed by atoms with Crippen molar-refractivity contribution >= 4 is 0 Å². The first-order chi connectivity index (χ1) is 9.63. The molecule has 4 heteroatoms. The number of likely N-dealkylation sites (N-methyl/N-ethyl adjacent to an activating group) is 1. The Morgan fingerprint density at radius 3 is 2.55 bits per heavy atom. The lowest BCUT2D eigenvalue weighted by molar-refractivity contribution is 0.179. The fraction of sp³-hybridized carbons (Fsp3) is 0.625. The zero-order chi connectivity index (χ0) is 14.5. The molecule has 1 aromatic carbocycles. The van der Waals surface area contributed by atoms with Gasteiger partial charge in [0.25, 0.3) is 0 Å². The van der Waals surface area contributed by atoms with Gasteiger partial charge in [-0.3, -0.25) is 4.90 Å². The molecule has 0 amide bonds. The van der Waals surface area contributed by atoms with Crippen LogP contribution in [0.3, 0.4) is 0 Å². The Labute approximate surface area is 121 Å². The fourth-order valence-corrected chi connectivity index (χ4v) is 3.08. The van der Waals surface area contributed by atoms with E-state index in [0.29, 0.717) is 11.6 Å². The summed E-state index contributed by atoms with van der Waals surface area (Å²) in [4.78, 5) is 2.30. The monoisotopic (exact) mass is 278 g/mol. The summed E-state index contributed by atoms with van der Waals surface area (Å²) in [5.41, 5.74) is 0.630. The van der Waals surface area contributed by atoms with Gasteiger partial charge in [0, 0.05) is 18.6 Å². The second-order valence-electron chi connectivity index (χ2n) is 5.62. The minimum absolute atomic E-state index is 0.00456. The largest absolute Gasteiger partial charge is 0.507 e. The summed E-state index contributed by atoms with van der Waals surface area (Å²) >= 11 is 0. The SMILES string of the molecule is CCN(CC1CCCCN1)C(C)c1c(O)cccc1O. The molecule has 1 aromatic rings. The molecule has 0 aliphatic carbocycles. The number of rotatable bonds is 5. The summed E-state index contributed by atoms with van der Waals surface area (Å²) in [5, 5.41) is 23.6. The fourth-order valence-electron chi connectivity index (χ4n) is 3.08. The highest BCUT2D eigenvalue weighted by Gasteiger charge is 2.24. The molecule has 2 unspecified atom stereocenters. The van der Waals surface area contributed by atoms with E-state index in [0.717, 1.165) is 19.6 Å². The number of nitrogens with zero attached hydrogens (tertiary/aromatic N) is 1. The summed E-state index contributed by atoms with van der Waals surface area (Å²) in [6.07, 6.45) is 3.75. The lowest BCUT2D eigenvalue weighted by Gasteiger charge is -2.34. The first-order valence-corrected chi connectivity index (χ1v) is 7.61. The maximum atomic E-state index is 10.0. The van der Waals surface area contributed by atoms with Crippen molar-refractivity contribution in [2.24, 2.45) is 0 Å². The van der Waals surface area contributed by atoms with Gasteiger partial charge in [-0.1, -0.05) is 19.4 Å². The van der Waals surface area contributed by atoms with Gasteiger partial charge < -0.3 is 15.5 Å². The van der Waals surface area contributed by atoms with Crippen LogP contribution >= 0.6 is 0 Å². The normalized spacial score (nSPS) is 21.1. The number of hydrogen-bond acceptors (Lipinski definition) is 4. The van der Waals surface area contributed by atoms with Crippen molar-refractivity contribution in [2.75, 3.05) is 19.6 Å². The van der Waals surface area contributed by atoms with Crippen LogP contribution in [0.15, 0.2) is 18.2 Å². The average Bonchev–Trinajstić information content (AvgIpc) is 2.45. The molecule has 1 aliphatic rings. The number of phenols is 2. The zero-order valence-electron chi connectivity index (χ0n) is 12.5. The third-order valence-corrected chi connectivity index (χ3v) is 4.30. The summed E-state index contributed by atoms with van der Waals surface area (Å²) < 4.78 is 0. The van der Waals surface area contributed by atoms with E-state index in [2.05, 4.69) is 17.1 Å². The van der Waals surface area contributed by atoms with Crippen molar-refractivity contribution in [3.05, 3.63) is 23.8 Å². The Bertz CT molecular complexity index is 410. The minimum atomic E-state index is 0.00456. The predicted molar refractivity (Wildman–Crippen MR) is 81.1 cm³/mol. The van der Waals surface area contributed by atoms with Gasteiger partial charge in [-0.05, 0) is 45.0 Å². The molecule has 0 bridgehead atoms. The molecule has 2 atom stereocenters. The van der Waals surface area contributed by atoms with Gasteiger partial charge in [0.05, 0.1) is 5.56 Å². The molecule has 1 heterocycles. The van der Waals surface area contributed by atoms with E-state index in [9.17, 15) is 10.2 Å². The van der Waals surface area contributed by atoms with Gasteiger partial charge in [-0.25, -0.2) is 0 Å². The molecule has 1 fully saturated rings. The third-order valence-electron chi connectivity index (χ3n) is 4.30. The van der Waals surface area contributed by atoms with Crippen LogP contribution in [0.4, 0.5) is 0 Å². The molecule has 2 rings (SSSR count). The van der Waals surface area contributed by atoms with Crippen LogP contribution in [-0.4, -0.2) is 40.8 Å². The predicted octanol–water partition coefficient (Wildman–Crippen LogP) is 2.62. The summed E-state index contributed by atoms with van der Waals surface area (Å²) in [6.45, 7) is 7.11. The van der Waals surface area contributed by atoms with E-state index in [1.165, 1.54) is 19.3 Å². The number of hydrogen-bond donors (Lipinski definition) is 3. The minimum Gasteiger partial charge on any atom is -0.507 e. The Morgan fingerprint density at radius 2 is 2.00 bits per heavy atom. The molecular formula is C16H26N2O2. The van der Waals surface area contributed by atoms with Crippen LogP contribution in [0.25, 0.3) is 0 Å². The number of nitrogens with one attached hydrogen (secondary N) is 1. The highest BCUT2D eigenvalue weighted by Crippen LogP contribution is 2.35. The first-order valence-electron chi connectivity index (χ1n) is 7.61. The highest BCUT2D eigenvalue weighted by atomic mass is 16.3. The molecule has 0 spiro atoms. The van der Waals surface area contributed by atoms with E-state index in [1.54, 1.807) is 18.2 Å². The summed E-state index contributed by atoms with van der Waals surface area (Å²) in [7, 11) is 0. The average molecular weight is 278 g/mol. The molecule has 20 heavy (non-hydrogen) atoms. The molecule has 112 valence electrons. The van der Waals surface area contributed by atoms with Crippen LogP contribution in [0.5, 0.6) is 11.5 Å². The molecule has 0 radical (unpaired) electrons. The van der Waals surface area contributed by atoms with Crippen molar-refractivity contribution in [3.63, 3.8) is 0 Å². The smallest absolute Gasteiger partial charge is 0.124 e. The van der Waals surface area contributed by atoms with Gasteiger partial charge in [0.1, 0.15) is 11.5 Å². The van der Waals surface area contributed by atoms with Gasteiger partial charge in [0.15, 0.2) is 0 Å². The molecule has 3 N–H and O–H groups in total. The number of benzene rings is 1. The number of piperidine rings is 1. The van der Waals surface area contributed by atoms with Gasteiger partial charge in [-0.2, -0.15) is 0 Å².